The molecule has 23 heavy (non-hydrogen) atoms. The fraction of sp³-hybridized carbons (Fsp3) is 0.824. The molecule has 2 aliphatic heterocycles. The number of aryl methyl sites for hydroxylation is 1. The van der Waals surface area contributed by atoms with Gasteiger partial charge in [0.05, 0.1) is 12.0 Å². The van der Waals surface area contributed by atoms with E-state index in [9.17, 15) is 4.79 Å². The number of carbonyl (C=O) groups excluding carboxylic acids is 1. The van der Waals surface area contributed by atoms with Crippen molar-refractivity contribution in [2.75, 3.05) is 26.2 Å². The minimum atomic E-state index is -0.156. The van der Waals surface area contributed by atoms with Gasteiger partial charge in [-0.25, -0.2) is 0 Å². The van der Waals surface area contributed by atoms with E-state index < -0.39 is 0 Å². The highest BCUT2D eigenvalue weighted by Crippen LogP contribution is 2.41. The summed E-state index contributed by atoms with van der Waals surface area (Å²) >= 11 is 0. The first-order valence-electron chi connectivity index (χ1n) is 8.96. The maximum atomic E-state index is 13.1. The Balaban J connectivity index is 1.40. The molecule has 3 fully saturated rings. The summed E-state index contributed by atoms with van der Waals surface area (Å²) in [5.74, 6) is 2.50. The first-order valence-corrected chi connectivity index (χ1v) is 8.96. The molecule has 3 aliphatic rings. The number of nitrogens with zero attached hydrogens (tertiary/aromatic N) is 4. The molecule has 1 saturated carbocycles. The molecule has 0 unspecified atom stereocenters. The van der Waals surface area contributed by atoms with Crippen LogP contribution in [0.15, 0.2) is 4.52 Å². The highest BCUT2D eigenvalue weighted by atomic mass is 16.5. The van der Waals surface area contributed by atoms with Gasteiger partial charge in [0.1, 0.15) is 0 Å². The summed E-state index contributed by atoms with van der Waals surface area (Å²) in [6.45, 7) is 6.24. The van der Waals surface area contributed by atoms with Gasteiger partial charge in [-0.1, -0.05) is 11.6 Å². The molecule has 1 aromatic rings. The number of hydrogen-bond acceptors (Lipinski definition) is 5. The Labute approximate surface area is 137 Å². The molecule has 4 rings (SSSR count). The quantitative estimate of drug-likeness (QED) is 0.849. The molecule has 6 heteroatoms. The van der Waals surface area contributed by atoms with Gasteiger partial charge in [-0.05, 0) is 51.5 Å². The number of rotatable bonds is 4. The lowest BCUT2D eigenvalue weighted by atomic mass is 9.77. The highest BCUT2D eigenvalue weighted by Gasteiger charge is 2.48. The number of piperidine rings is 1. The number of carbonyl (C=O) groups is 1. The van der Waals surface area contributed by atoms with Crippen molar-refractivity contribution in [3.8, 4) is 0 Å². The summed E-state index contributed by atoms with van der Waals surface area (Å²) in [7, 11) is 0. The van der Waals surface area contributed by atoms with E-state index in [1.165, 1.54) is 19.3 Å². The average molecular weight is 318 g/mol. The lowest BCUT2D eigenvalue weighted by Gasteiger charge is -2.42. The van der Waals surface area contributed by atoms with Crippen molar-refractivity contribution in [1.29, 1.82) is 0 Å². The molecule has 126 valence electrons. The summed E-state index contributed by atoms with van der Waals surface area (Å²) in [5.41, 5.74) is -0.156. The van der Waals surface area contributed by atoms with Gasteiger partial charge in [0.15, 0.2) is 5.82 Å². The molecule has 0 bridgehead atoms. The van der Waals surface area contributed by atoms with Crippen molar-refractivity contribution >= 4 is 5.91 Å². The first-order chi connectivity index (χ1) is 11.1. The molecule has 1 atom stereocenters. The molecular weight excluding hydrogens is 292 g/mol. The van der Waals surface area contributed by atoms with Gasteiger partial charge in [0, 0.05) is 19.6 Å². The molecular formula is C17H26N4O2. The van der Waals surface area contributed by atoms with E-state index in [1.54, 1.807) is 0 Å². The van der Waals surface area contributed by atoms with Gasteiger partial charge in [-0.3, -0.25) is 9.69 Å². The smallest absolute Gasteiger partial charge is 0.240 e. The number of aromatic nitrogens is 2. The predicted octanol–water partition coefficient (Wildman–Crippen LogP) is 1.99. The van der Waals surface area contributed by atoms with Crippen LogP contribution in [0.2, 0.25) is 0 Å². The van der Waals surface area contributed by atoms with Gasteiger partial charge >= 0.3 is 0 Å². The molecule has 1 aromatic heterocycles. The van der Waals surface area contributed by atoms with Crippen LogP contribution in [-0.2, 0) is 11.3 Å². The third-order valence-electron chi connectivity index (χ3n) is 5.89. The summed E-state index contributed by atoms with van der Waals surface area (Å²) in [6, 6.07) is 0. The monoisotopic (exact) mass is 318 g/mol. The van der Waals surface area contributed by atoms with Crippen LogP contribution in [0, 0.1) is 18.3 Å². The Morgan fingerprint density at radius 3 is 2.83 bits per heavy atom. The van der Waals surface area contributed by atoms with Gasteiger partial charge in [-0.2, -0.15) is 4.98 Å². The van der Waals surface area contributed by atoms with Crippen LogP contribution < -0.4 is 0 Å². The molecule has 0 N–H and O–H groups in total. The van der Waals surface area contributed by atoms with Crippen molar-refractivity contribution in [2.45, 2.75) is 52.0 Å². The van der Waals surface area contributed by atoms with Crippen LogP contribution in [0.5, 0.6) is 0 Å². The van der Waals surface area contributed by atoms with Crippen LogP contribution in [0.4, 0.5) is 0 Å². The van der Waals surface area contributed by atoms with Gasteiger partial charge in [0.25, 0.3) is 0 Å². The van der Waals surface area contributed by atoms with Gasteiger partial charge < -0.3 is 9.42 Å². The van der Waals surface area contributed by atoms with E-state index >= 15 is 0 Å². The lowest BCUT2D eigenvalue weighted by Crippen LogP contribution is -2.51. The van der Waals surface area contributed by atoms with Crippen LogP contribution >= 0.6 is 0 Å². The second-order valence-electron chi connectivity index (χ2n) is 7.63. The summed E-state index contributed by atoms with van der Waals surface area (Å²) in [5, 5.41) is 3.85. The zero-order valence-corrected chi connectivity index (χ0v) is 14.0. The Hall–Kier alpha value is -1.43. The van der Waals surface area contributed by atoms with E-state index in [0.29, 0.717) is 24.2 Å². The van der Waals surface area contributed by atoms with Gasteiger partial charge in [-0.15, -0.1) is 0 Å². The Bertz CT molecular complexity index is 583. The summed E-state index contributed by atoms with van der Waals surface area (Å²) in [6.07, 6.45) is 7.10. The van der Waals surface area contributed by atoms with Crippen LogP contribution in [0.1, 0.15) is 50.2 Å². The minimum absolute atomic E-state index is 0.156. The topological polar surface area (TPSA) is 62.5 Å². The van der Waals surface area contributed by atoms with Gasteiger partial charge in [0.2, 0.25) is 11.8 Å². The van der Waals surface area contributed by atoms with E-state index in [4.69, 9.17) is 4.52 Å². The zero-order valence-electron chi connectivity index (χ0n) is 14.0. The van der Waals surface area contributed by atoms with Crippen molar-refractivity contribution in [3.05, 3.63) is 11.7 Å². The van der Waals surface area contributed by atoms with Crippen LogP contribution in [0.3, 0.4) is 0 Å². The molecule has 3 heterocycles. The number of amides is 1. The molecule has 1 aliphatic carbocycles. The first kappa shape index (κ1) is 15.1. The third kappa shape index (κ3) is 2.89. The van der Waals surface area contributed by atoms with E-state index in [-0.39, 0.29) is 5.41 Å². The normalized spacial score (nSPS) is 29.4. The van der Waals surface area contributed by atoms with Crippen molar-refractivity contribution < 1.29 is 9.32 Å². The molecule has 6 nitrogen and oxygen atoms in total. The largest absolute Gasteiger partial charge is 0.342 e. The number of likely N-dealkylation sites (tertiary alicyclic amines) is 2. The second kappa shape index (κ2) is 5.89. The van der Waals surface area contributed by atoms with E-state index in [1.807, 2.05) is 6.92 Å². The van der Waals surface area contributed by atoms with Crippen molar-refractivity contribution in [1.82, 2.24) is 19.9 Å². The zero-order chi connectivity index (χ0) is 15.9. The third-order valence-corrected chi connectivity index (χ3v) is 5.89. The maximum absolute atomic E-state index is 13.1. The lowest BCUT2D eigenvalue weighted by molar-refractivity contribution is -0.146. The molecule has 0 radical (unpaired) electrons. The SMILES string of the molecule is Cc1noc(CN2CC[C@@]3(CCCN(CC4CCC4)C3=O)C2)n1. The summed E-state index contributed by atoms with van der Waals surface area (Å²) in [4.78, 5) is 21.8. The second-order valence-corrected chi connectivity index (χ2v) is 7.63. The predicted molar refractivity (Wildman–Crippen MR) is 84.5 cm³/mol. The highest BCUT2D eigenvalue weighted by molar-refractivity contribution is 5.84. The van der Waals surface area contributed by atoms with E-state index in [0.717, 1.165) is 51.4 Å². The van der Waals surface area contributed by atoms with Crippen molar-refractivity contribution in [2.24, 2.45) is 11.3 Å². The maximum Gasteiger partial charge on any atom is 0.240 e. The standard InChI is InChI=1S/C17H26N4O2/c1-13-18-15(23-19-13)11-20-9-7-17(12-20)6-3-8-21(16(17)22)10-14-4-2-5-14/h14H,2-12H2,1H3/t17-/m0/s1. The molecule has 0 aromatic carbocycles. The number of hydrogen-bond donors (Lipinski definition) is 0. The Kier molecular flexibility index (Phi) is 3.87. The van der Waals surface area contributed by atoms with Crippen LogP contribution in [-0.4, -0.2) is 52.0 Å². The Morgan fingerprint density at radius 2 is 2.13 bits per heavy atom. The fourth-order valence-corrected chi connectivity index (χ4v) is 4.38. The molecule has 1 spiro atoms. The Morgan fingerprint density at radius 1 is 1.26 bits per heavy atom. The summed E-state index contributed by atoms with van der Waals surface area (Å²) < 4.78 is 5.23. The van der Waals surface area contributed by atoms with Crippen molar-refractivity contribution in [3.63, 3.8) is 0 Å². The fourth-order valence-electron chi connectivity index (χ4n) is 4.38. The average Bonchev–Trinajstić information content (AvgIpc) is 3.07. The molecule has 2 saturated heterocycles. The minimum Gasteiger partial charge on any atom is -0.342 e. The van der Waals surface area contributed by atoms with Crippen LogP contribution in [0.25, 0.3) is 0 Å². The van der Waals surface area contributed by atoms with E-state index in [2.05, 4.69) is 19.9 Å². The molecule has 1 amide bonds.